The molecule has 66 valence electrons. The summed E-state index contributed by atoms with van der Waals surface area (Å²) < 4.78 is 4.76. The molecule has 13 heavy (non-hydrogen) atoms. The predicted octanol–water partition coefficient (Wildman–Crippen LogP) is 1.06. The first-order chi connectivity index (χ1) is 6.25. The molecular weight excluding hydrogens is 170 g/mol. The normalized spacial score (nSPS) is 14.9. The Morgan fingerprint density at radius 3 is 2.31 bits per heavy atom. The Hall–Kier alpha value is -1.84. The van der Waals surface area contributed by atoms with Crippen LogP contribution in [0.1, 0.15) is 20.7 Å². The number of hydrogen-bond donors (Lipinski definition) is 0. The smallest absolute Gasteiger partial charge is 0.265 e. The third-order valence-electron chi connectivity index (χ3n) is 1.92. The van der Waals surface area contributed by atoms with Crippen LogP contribution in [0.5, 0.6) is 0 Å². The number of nitrogens with zero attached hydrogens (tertiary/aromatic N) is 1. The fourth-order valence-corrected chi connectivity index (χ4v) is 1.31. The molecule has 1 aromatic heterocycles. The number of carbonyl (C=O) groups is 2. The van der Waals surface area contributed by atoms with Crippen molar-refractivity contribution in [1.82, 2.24) is 4.90 Å². The molecule has 0 aliphatic carbocycles. The molecule has 0 radical (unpaired) electrons. The van der Waals surface area contributed by atoms with Gasteiger partial charge in [0.2, 0.25) is 0 Å². The summed E-state index contributed by atoms with van der Waals surface area (Å²) in [6, 6.07) is 0. The van der Waals surface area contributed by atoms with E-state index in [9.17, 15) is 9.59 Å². The second kappa shape index (κ2) is 2.58. The molecule has 2 rings (SSSR count). The van der Waals surface area contributed by atoms with Crippen LogP contribution >= 0.6 is 0 Å². The molecule has 0 saturated heterocycles. The largest absolute Gasteiger partial charge is 0.471 e. The van der Waals surface area contributed by atoms with Crippen molar-refractivity contribution >= 4 is 11.8 Å². The van der Waals surface area contributed by atoms with Gasteiger partial charge in [-0.05, 0) is 0 Å². The number of carbonyl (C=O) groups excluding carboxylic acids is 2. The molecule has 0 N–H and O–H groups in total. The average Bonchev–Trinajstić information content (AvgIpc) is 2.66. The molecule has 4 nitrogen and oxygen atoms in total. The summed E-state index contributed by atoms with van der Waals surface area (Å²) in [7, 11) is 0. The fourth-order valence-electron chi connectivity index (χ4n) is 1.31. The van der Waals surface area contributed by atoms with Gasteiger partial charge in [-0.15, -0.1) is 6.58 Å². The van der Waals surface area contributed by atoms with Crippen LogP contribution in [0.25, 0.3) is 0 Å². The van der Waals surface area contributed by atoms with E-state index in [1.807, 2.05) is 0 Å². The summed E-state index contributed by atoms with van der Waals surface area (Å²) in [5.74, 6) is -0.623. The van der Waals surface area contributed by atoms with E-state index in [1.165, 1.54) is 18.6 Å². The standard InChI is InChI=1S/C9H7NO3/c1-2-3-10-8(11)6-4-13-5-7(6)9(10)12/h2,4-5H,1,3H2. The van der Waals surface area contributed by atoms with Crippen molar-refractivity contribution in [2.75, 3.05) is 6.54 Å². The van der Waals surface area contributed by atoms with E-state index in [0.717, 1.165) is 4.90 Å². The van der Waals surface area contributed by atoms with Gasteiger partial charge in [0, 0.05) is 6.54 Å². The molecule has 0 bridgehead atoms. The van der Waals surface area contributed by atoms with Crippen molar-refractivity contribution in [3.05, 3.63) is 36.3 Å². The molecule has 1 aliphatic heterocycles. The zero-order chi connectivity index (χ0) is 9.42. The highest BCUT2D eigenvalue weighted by Gasteiger charge is 2.36. The van der Waals surface area contributed by atoms with Gasteiger partial charge < -0.3 is 4.42 Å². The van der Waals surface area contributed by atoms with Crippen LogP contribution in [-0.2, 0) is 0 Å². The van der Waals surface area contributed by atoms with E-state index in [4.69, 9.17) is 4.42 Å². The van der Waals surface area contributed by atoms with Crippen LogP contribution in [-0.4, -0.2) is 23.3 Å². The molecule has 0 spiro atoms. The maximum absolute atomic E-state index is 11.5. The van der Waals surface area contributed by atoms with Gasteiger partial charge in [0.25, 0.3) is 11.8 Å². The summed E-state index contributed by atoms with van der Waals surface area (Å²) in [5.41, 5.74) is 0.679. The molecule has 1 aliphatic rings. The first-order valence-electron chi connectivity index (χ1n) is 3.79. The quantitative estimate of drug-likeness (QED) is 0.501. The van der Waals surface area contributed by atoms with Crippen LogP contribution in [0.2, 0.25) is 0 Å². The van der Waals surface area contributed by atoms with E-state index in [-0.39, 0.29) is 18.4 Å². The molecule has 2 amide bonds. The van der Waals surface area contributed by atoms with Crippen LogP contribution in [0.15, 0.2) is 29.6 Å². The van der Waals surface area contributed by atoms with Gasteiger partial charge in [-0.2, -0.15) is 0 Å². The van der Waals surface area contributed by atoms with Crippen LogP contribution in [0, 0.1) is 0 Å². The van der Waals surface area contributed by atoms with Gasteiger partial charge in [-0.25, -0.2) is 0 Å². The molecule has 0 saturated carbocycles. The Morgan fingerprint density at radius 2 is 1.85 bits per heavy atom. The highest BCUT2D eigenvalue weighted by atomic mass is 16.3. The van der Waals surface area contributed by atoms with Crippen molar-refractivity contribution in [3.63, 3.8) is 0 Å². The second-order valence-corrected chi connectivity index (χ2v) is 2.71. The lowest BCUT2D eigenvalue weighted by Crippen LogP contribution is -2.29. The number of imide groups is 1. The van der Waals surface area contributed by atoms with E-state index < -0.39 is 0 Å². The lowest BCUT2D eigenvalue weighted by molar-refractivity contribution is 0.0669. The molecule has 2 heterocycles. The Kier molecular flexibility index (Phi) is 1.55. The highest BCUT2D eigenvalue weighted by molar-refractivity contribution is 6.21. The minimum absolute atomic E-state index is 0.242. The minimum Gasteiger partial charge on any atom is -0.471 e. The summed E-state index contributed by atoms with van der Waals surface area (Å²) >= 11 is 0. The predicted molar refractivity (Wildman–Crippen MR) is 44.3 cm³/mol. The van der Waals surface area contributed by atoms with Crippen LogP contribution in [0.4, 0.5) is 0 Å². The van der Waals surface area contributed by atoms with Crippen molar-refractivity contribution in [2.24, 2.45) is 0 Å². The number of hydrogen-bond acceptors (Lipinski definition) is 3. The Labute approximate surface area is 74.4 Å². The van der Waals surface area contributed by atoms with Gasteiger partial charge >= 0.3 is 0 Å². The average molecular weight is 177 g/mol. The van der Waals surface area contributed by atoms with Gasteiger partial charge in [0.05, 0.1) is 11.1 Å². The molecule has 0 fully saturated rings. The second-order valence-electron chi connectivity index (χ2n) is 2.71. The van der Waals surface area contributed by atoms with Gasteiger partial charge in [0.15, 0.2) is 0 Å². The maximum Gasteiger partial charge on any atom is 0.265 e. The Bertz CT molecular complexity index is 361. The van der Waals surface area contributed by atoms with Crippen molar-refractivity contribution < 1.29 is 14.0 Å². The molecule has 1 aromatic rings. The van der Waals surface area contributed by atoms with Gasteiger partial charge in [0.1, 0.15) is 12.5 Å². The fraction of sp³-hybridized carbons (Fsp3) is 0.111. The molecule has 0 atom stereocenters. The van der Waals surface area contributed by atoms with Gasteiger partial charge in [-0.3, -0.25) is 14.5 Å². The van der Waals surface area contributed by atoms with Crippen LogP contribution < -0.4 is 0 Å². The summed E-state index contributed by atoms with van der Waals surface area (Å²) in [4.78, 5) is 24.0. The number of furan rings is 1. The Balaban J connectivity index is 2.43. The molecular formula is C9H7NO3. The summed E-state index contributed by atoms with van der Waals surface area (Å²) in [6.45, 7) is 3.71. The van der Waals surface area contributed by atoms with Gasteiger partial charge in [-0.1, -0.05) is 6.08 Å². The van der Waals surface area contributed by atoms with Crippen molar-refractivity contribution in [2.45, 2.75) is 0 Å². The number of fused-ring (bicyclic) bond motifs is 1. The molecule has 0 unspecified atom stereocenters. The lowest BCUT2D eigenvalue weighted by atomic mass is 10.2. The zero-order valence-corrected chi connectivity index (χ0v) is 6.82. The minimum atomic E-state index is -0.311. The van der Waals surface area contributed by atoms with Crippen LogP contribution in [0.3, 0.4) is 0 Å². The SMILES string of the molecule is C=CCN1C(=O)c2cocc2C1=O. The zero-order valence-electron chi connectivity index (χ0n) is 6.82. The third-order valence-corrected chi connectivity index (χ3v) is 1.92. The maximum atomic E-state index is 11.5. The monoisotopic (exact) mass is 177 g/mol. The topological polar surface area (TPSA) is 50.5 Å². The highest BCUT2D eigenvalue weighted by Crippen LogP contribution is 2.22. The van der Waals surface area contributed by atoms with E-state index in [2.05, 4.69) is 6.58 Å². The number of rotatable bonds is 2. The summed E-state index contributed by atoms with van der Waals surface area (Å²) in [5, 5.41) is 0. The Morgan fingerprint density at radius 1 is 1.31 bits per heavy atom. The molecule has 0 aromatic carbocycles. The van der Waals surface area contributed by atoms with E-state index >= 15 is 0 Å². The molecule has 4 heteroatoms. The first-order valence-corrected chi connectivity index (χ1v) is 3.79. The van der Waals surface area contributed by atoms with Crippen molar-refractivity contribution in [1.29, 1.82) is 0 Å². The number of amides is 2. The first kappa shape index (κ1) is 7.79. The lowest BCUT2D eigenvalue weighted by Gasteiger charge is -2.09. The van der Waals surface area contributed by atoms with E-state index in [0.29, 0.717) is 11.1 Å². The third kappa shape index (κ3) is 0.917. The van der Waals surface area contributed by atoms with Crippen molar-refractivity contribution in [3.8, 4) is 0 Å². The van der Waals surface area contributed by atoms with E-state index in [1.54, 1.807) is 0 Å². The summed E-state index contributed by atoms with van der Waals surface area (Å²) in [6.07, 6.45) is 4.09.